The van der Waals surface area contributed by atoms with Crippen molar-refractivity contribution in [3.8, 4) is 0 Å². The van der Waals surface area contributed by atoms with Crippen LogP contribution >= 0.6 is 0 Å². The molecule has 0 bridgehead atoms. The molecule has 0 aliphatic carbocycles. The lowest BCUT2D eigenvalue weighted by molar-refractivity contribution is 0.109. The Morgan fingerprint density at radius 2 is 2.18 bits per heavy atom. The third-order valence-electron chi connectivity index (χ3n) is 3.67. The molecule has 1 aliphatic heterocycles. The monoisotopic (exact) mass is 233 g/mol. The zero-order valence-corrected chi connectivity index (χ0v) is 11.0. The van der Waals surface area contributed by atoms with Crippen molar-refractivity contribution in [3.63, 3.8) is 0 Å². The normalized spacial score (nSPS) is 19.8. The molecular formula is C15H23NO. The molecule has 1 aromatic rings. The lowest BCUT2D eigenvalue weighted by Crippen LogP contribution is -2.10. The molecule has 1 aliphatic rings. The first kappa shape index (κ1) is 12.6. The van der Waals surface area contributed by atoms with E-state index in [2.05, 4.69) is 37.4 Å². The topological polar surface area (TPSA) is 21.3 Å². The second-order valence-corrected chi connectivity index (χ2v) is 5.12. The van der Waals surface area contributed by atoms with Gasteiger partial charge < -0.3 is 10.1 Å². The van der Waals surface area contributed by atoms with E-state index < -0.39 is 0 Å². The number of ether oxygens (including phenoxy) is 1. The maximum atomic E-state index is 5.75. The number of nitrogens with one attached hydrogen (secondary N) is 1. The molecule has 2 nitrogen and oxygen atoms in total. The molecule has 1 atom stereocenters. The van der Waals surface area contributed by atoms with Crippen molar-refractivity contribution in [1.82, 2.24) is 5.32 Å². The van der Waals surface area contributed by atoms with Gasteiger partial charge in [-0.15, -0.1) is 0 Å². The SMILES string of the molecule is Cc1ccc(COCCC2CCNC2)cc1C. The van der Waals surface area contributed by atoms with Gasteiger partial charge in [-0.2, -0.15) is 0 Å². The highest BCUT2D eigenvalue weighted by atomic mass is 16.5. The van der Waals surface area contributed by atoms with Gasteiger partial charge in [0.05, 0.1) is 6.61 Å². The molecule has 1 aromatic carbocycles. The van der Waals surface area contributed by atoms with Gasteiger partial charge in [0.1, 0.15) is 0 Å². The average molecular weight is 233 g/mol. The molecule has 1 fully saturated rings. The predicted octanol–water partition coefficient (Wildman–Crippen LogP) is 2.82. The van der Waals surface area contributed by atoms with Crippen LogP contribution in [0.4, 0.5) is 0 Å². The van der Waals surface area contributed by atoms with E-state index >= 15 is 0 Å². The molecule has 2 heteroatoms. The number of hydrogen-bond acceptors (Lipinski definition) is 2. The van der Waals surface area contributed by atoms with Crippen molar-refractivity contribution >= 4 is 0 Å². The van der Waals surface area contributed by atoms with Gasteiger partial charge in [-0.1, -0.05) is 18.2 Å². The number of rotatable bonds is 5. The van der Waals surface area contributed by atoms with Crippen molar-refractivity contribution in [1.29, 1.82) is 0 Å². The predicted molar refractivity (Wildman–Crippen MR) is 71.2 cm³/mol. The lowest BCUT2D eigenvalue weighted by Gasteiger charge is -2.09. The fraction of sp³-hybridized carbons (Fsp3) is 0.600. The Balaban J connectivity index is 1.68. The average Bonchev–Trinajstić information content (AvgIpc) is 2.82. The molecule has 0 amide bonds. The summed E-state index contributed by atoms with van der Waals surface area (Å²) in [5, 5.41) is 3.39. The summed E-state index contributed by atoms with van der Waals surface area (Å²) in [6, 6.07) is 6.57. The summed E-state index contributed by atoms with van der Waals surface area (Å²) in [6.07, 6.45) is 2.50. The Morgan fingerprint density at radius 1 is 1.29 bits per heavy atom. The van der Waals surface area contributed by atoms with Crippen LogP contribution in [-0.4, -0.2) is 19.7 Å². The van der Waals surface area contributed by atoms with Gasteiger partial charge in [0.2, 0.25) is 0 Å². The Bertz CT molecular complexity index is 356. The first-order valence-electron chi connectivity index (χ1n) is 6.60. The van der Waals surface area contributed by atoms with E-state index in [0.717, 1.165) is 19.1 Å². The maximum Gasteiger partial charge on any atom is 0.0716 e. The highest BCUT2D eigenvalue weighted by molar-refractivity contribution is 5.29. The molecule has 0 spiro atoms. The van der Waals surface area contributed by atoms with Gasteiger partial charge in [-0.05, 0) is 62.4 Å². The molecular weight excluding hydrogens is 210 g/mol. The van der Waals surface area contributed by atoms with Crippen LogP contribution < -0.4 is 5.32 Å². The standard InChI is InChI=1S/C15H23NO/c1-12-3-4-15(9-13(12)2)11-17-8-6-14-5-7-16-10-14/h3-4,9,14,16H,5-8,10-11H2,1-2H3. The number of benzene rings is 1. The second-order valence-electron chi connectivity index (χ2n) is 5.12. The molecule has 1 saturated heterocycles. The molecule has 94 valence electrons. The Labute approximate surface area is 104 Å². The molecule has 0 saturated carbocycles. The molecule has 2 rings (SSSR count). The molecule has 1 unspecified atom stereocenters. The molecule has 1 N–H and O–H groups in total. The van der Waals surface area contributed by atoms with Crippen LogP contribution in [0.25, 0.3) is 0 Å². The third-order valence-corrected chi connectivity index (χ3v) is 3.67. The van der Waals surface area contributed by atoms with Crippen molar-refractivity contribution in [2.75, 3.05) is 19.7 Å². The van der Waals surface area contributed by atoms with Gasteiger partial charge >= 0.3 is 0 Å². The Kier molecular flexibility index (Phi) is 4.57. The van der Waals surface area contributed by atoms with Crippen molar-refractivity contribution < 1.29 is 4.74 Å². The summed E-state index contributed by atoms with van der Waals surface area (Å²) in [6.45, 7) is 8.30. The van der Waals surface area contributed by atoms with Crippen LogP contribution in [0.1, 0.15) is 29.5 Å². The number of aryl methyl sites for hydroxylation is 2. The first-order chi connectivity index (χ1) is 8.25. The van der Waals surface area contributed by atoms with Crippen molar-refractivity contribution in [2.45, 2.75) is 33.3 Å². The zero-order chi connectivity index (χ0) is 12.1. The smallest absolute Gasteiger partial charge is 0.0716 e. The minimum atomic E-state index is 0.751. The fourth-order valence-electron chi connectivity index (χ4n) is 2.29. The van der Waals surface area contributed by atoms with E-state index in [1.807, 2.05) is 0 Å². The number of hydrogen-bond donors (Lipinski definition) is 1. The summed E-state index contributed by atoms with van der Waals surface area (Å²) in [5.74, 6) is 0.828. The van der Waals surface area contributed by atoms with Crippen LogP contribution in [0.5, 0.6) is 0 Å². The van der Waals surface area contributed by atoms with Crippen LogP contribution in [0.3, 0.4) is 0 Å². The quantitative estimate of drug-likeness (QED) is 0.790. The van der Waals surface area contributed by atoms with Crippen LogP contribution in [-0.2, 0) is 11.3 Å². The van der Waals surface area contributed by atoms with Crippen LogP contribution in [0, 0.1) is 19.8 Å². The summed E-state index contributed by atoms with van der Waals surface area (Å²) in [7, 11) is 0. The van der Waals surface area contributed by atoms with Gasteiger partial charge in [0.25, 0.3) is 0 Å². The van der Waals surface area contributed by atoms with E-state index in [9.17, 15) is 0 Å². The highest BCUT2D eigenvalue weighted by Crippen LogP contribution is 2.14. The maximum absolute atomic E-state index is 5.75. The van der Waals surface area contributed by atoms with E-state index in [-0.39, 0.29) is 0 Å². The first-order valence-corrected chi connectivity index (χ1v) is 6.60. The van der Waals surface area contributed by atoms with Gasteiger partial charge in [0, 0.05) is 6.61 Å². The zero-order valence-electron chi connectivity index (χ0n) is 11.0. The van der Waals surface area contributed by atoms with E-state index in [4.69, 9.17) is 4.74 Å². The minimum Gasteiger partial charge on any atom is -0.377 e. The Morgan fingerprint density at radius 3 is 2.88 bits per heavy atom. The fourth-order valence-corrected chi connectivity index (χ4v) is 2.29. The molecule has 1 heterocycles. The summed E-state index contributed by atoms with van der Waals surface area (Å²) < 4.78 is 5.75. The van der Waals surface area contributed by atoms with Crippen LogP contribution in [0.15, 0.2) is 18.2 Å². The van der Waals surface area contributed by atoms with Gasteiger partial charge in [-0.3, -0.25) is 0 Å². The van der Waals surface area contributed by atoms with Gasteiger partial charge in [0.15, 0.2) is 0 Å². The van der Waals surface area contributed by atoms with E-state index in [1.54, 1.807) is 0 Å². The third kappa shape index (κ3) is 3.83. The van der Waals surface area contributed by atoms with Gasteiger partial charge in [-0.25, -0.2) is 0 Å². The molecule has 0 aromatic heterocycles. The molecule has 17 heavy (non-hydrogen) atoms. The second kappa shape index (κ2) is 6.18. The molecule has 0 radical (unpaired) electrons. The van der Waals surface area contributed by atoms with Crippen molar-refractivity contribution in [2.24, 2.45) is 5.92 Å². The van der Waals surface area contributed by atoms with E-state index in [1.165, 1.54) is 42.6 Å². The van der Waals surface area contributed by atoms with Crippen molar-refractivity contribution in [3.05, 3.63) is 34.9 Å². The minimum absolute atomic E-state index is 0.751. The summed E-state index contributed by atoms with van der Waals surface area (Å²) >= 11 is 0. The Hall–Kier alpha value is -0.860. The lowest BCUT2D eigenvalue weighted by atomic mass is 10.1. The summed E-state index contributed by atoms with van der Waals surface area (Å²) in [4.78, 5) is 0. The summed E-state index contributed by atoms with van der Waals surface area (Å²) in [5.41, 5.74) is 3.99. The van der Waals surface area contributed by atoms with Crippen LogP contribution in [0.2, 0.25) is 0 Å². The highest BCUT2D eigenvalue weighted by Gasteiger charge is 2.13. The largest absolute Gasteiger partial charge is 0.377 e. The van der Waals surface area contributed by atoms with E-state index in [0.29, 0.717) is 0 Å².